The number of nitrogens with one attached hydrogen (secondary N) is 3. The van der Waals surface area contributed by atoms with E-state index in [1.54, 1.807) is 12.1 Å². The highest BCUT2D eigenvalue weighted by atomic mass is 32.2. The summed E-state index contributed by atoms with van der Waals surface area (Å²) in [6.45, 7) is 2.04. The Labute approximate surface area is 151 Å². The zero-order valence-corrected chi connectivity index (χ0v) is 15.4. The van der Waals surface area contributed by atoms with Crippen molar-refractivity contribution in [2.45, 2.75) is 19.6 Å². The third-order valence-electron chi connectivity index (χ3n) is 2.87. The molecule has 1 rings (SSSR count). The van der Waals surface area contributed by atoms with Crippen molar-refractivity contribution < 1.29 is 26.3 Å². The van der Waals surface area contributed by atoms with Crippen LogP contribution in [0, 0.1) is 0 Å². The lowest BCUT2D eigenvalue weighted by atomic mass is 10.2. The van der Waals surface area contributed by atoms with E-state index in [1.807, 2.05) is 6.92 Å². The number of hydrogen-bond donors (Lipinski definition) is 3. The first-order valence-electron chi connectivity index (χ1n) is 7.84. The van der Waals surface area contributed by atoms with Crippen molar-refractivity contribution in [2.24, 2.45) is 4.99 Å². The second-order valence-electron chi connectivity index (χ2n) is 5.34. The van der Waals surface area contributed by atoms with Gasteiger partial charge in [-0.2, -0.15) is 13.2 Å². The first-order valence-corrected chi connectivity index (χ1v) is 9.73. The molecule has 0 aliphatic heterocycles. The molecule has 0 bridgehead atoms. The first-order chi connectivity index (χ1) is 12.1. The molecule has 0 heterocycles. The summed E-state index contributed by atoms with van der Waals surface area (Å²) in [5, 5.41) is 5.98. The summed E-state index contributed by atoms with van der Waals surface area (Å²) in [6.07, 6.45) is -3.30. The molecular formula is C15H23F3N4O3S. The van der Waals surface area contributed by atoms with Crippen LogP contribution < -0.4 is 20.1 Å². The van der Waals surface area contributed by atoms with Gasteiger partial charge in [-0.1, -0.05) is 12.1 Å². The maximum Gasteiger partial charge on any atom is 0.422 e. The smallest absolute Gasteiger partial charge is 0.422 e. The normalized spacial score (nSPS) is 12.7. The number of hydrogen-bond acceptors (Lipinski definition) is 4. The largest absolute Gasteiger partial charge is 0.484 e. The van der Waals surface area contributed by atoms with Gasteiger partial charge in [0.05, 0.1) is 12.8 Å². The quantitative estimate of drug-likeness (QED) is 0.332. The molecule has 7 nitrogen and oxygen atoms in total. The van der Waals surface area contributed by atoms with E-state index in [1.165, 1.54) is 12.1 Å². The molecule has 0 atom stereocenters. The minimum absolute atomic E-state index is 0.131. The molecule has 0 saturated carbocycles. The van der Waals surface area contributed by atoms with Gasteiger partial charge in [-0.3, -0.25) is 0 Å². The number of guanidine groups is 1. The summed E-state index contributed by atoms with van der Waals surface area (Å²) < 4.78 is 65.3. The number of halogens is 3. The average molecular weight is 396 g/mol. The van der Waals surface area contributed by atoms with Crippen molar-refractivity contribution in [1.29, 1.82) is 0 Å². The van der Waals surface area contributed by atoms with E-state index in [0.717, 1.165) is 11.8 Å². The fourth-order valence-corrected chi connectivity index (χ4v) is 2.26. The molecule has 0 unspecified atom stereocenters. The molecule has 0 aromatic heterocycles. The monoisotopic (exact) mass is 396 g/mol. The number of aliphatic imine (C=N–C) groups is 1. The van der Waals surface area contributed by atoms with Gasteiger partial charge in [0, 0.05) is 19.6 Å². The highest BCUT2D eigenvalue weighted by Gasteiger charge is 2.28. The Morgan fingerprint density at radius 1 is 1.15 bits per heavy atom. The molecule has 0 aliphatic carbocycles. The Bertz CT molecular complexity index is 676. The van der Waals surface area contributed by atoms with E-state index < -0.39 is 22.8 Å². The molecule has 11 heteroatoms. The van der Waals surface area contributed by atoms with Crippen LogP contribution in [0.3, 0.4) is 0 Å². The molecule has 26 heavy (non-hydrogen) atoms. The minimum Gasteiger partial charge on any atom is -0.484 e. The van der Waals surface area contributed by atoms with Crippen molar-refractivity contribution in [3.63, 3.8) is 0 Å². The van der Waals surface area contributed by atoms with Gasteiger partial charge in [-0.05, 0) is 24.6 Å². The van der Waals surface area contributed by atoms with Gasteiger partial charge in [0.2, 0.25) is 10.0 Å². The number of nitrogens with zero attached hydrogens (tertiary/aromatic N) is 1. The number of sulfonamides is 1. The van der Waals surface area contributed by atoms with E-state index >= 15 is 0 Å². The van der Waals surface area contributed by atoms with Crippen molar-refractivity contribution >= 4 is 16.0 Å². The molecule has 0 amide bonds. The van der Waals surface area contributed by atoms with Crippen LogP contribution in [-0.2, 0) is 16.6 Å². The maximum absolute atomic E-state index is 12.1. The Kier molecular flexibility index (Phi) is 8.66. The molecule has 0 aliphatic rings. The number of ether oxygens (including phenoxy) is 1. The van der Waals surface area contributed by atoms with Gasteiger partial charge in [-0.15, -0.1) is 0 Å². The van der Waals surface area contributed by atoms with Crippen LogP contribution >= 0.6 is 0 Å². The van der Waals surface area contributed by atoms with E-state index in [4.69, 9.17) is 0 Å². The van der Waals surface area contributed by atoms with E-state index in [9.17, 15) is 21.6 Å². The number of benzene rings is 1. The summed E-state index contributed by atoms with van der Waals surface area (Å²) in [4.78, 5) is 4.33. The van der Waals surface area contributed by atoms with Crippen molar-refractivity contribution in [3.05, 3.63) is 29.8 Å². The van der Waals surface area contributed by atoms with Gasteiger partial charge in [0.1, 0.15) is 5.75 Å². The predicted octanol–water partition coefficient (Wildman–Crippen LogP) is 1.23. The molecule has 0 fully saturated rings. The van der Waals surface area contributed by atoms with Crippen LogP contribution in [0.5, 0.6) is 5.75 Å². The summed E-state index contributed by atoms with van der Waals surface area (Å²) in [7, 11) is -3.24. The first kappa shape index (κ1) is 22.0. The number of rotatable bonds is 9. The van der Waals surface area contributed by atoms with Crippen molar-refractivity contribution in [2.75, 3.05) is 32.5 Å². The zero-order valence-electron chi connectivity index (χ0n) is 14.6. The van der Waals surface area contributed by atoms with Gasteiger partial charge >= 0.3 is 6.18 Å². The van der Waals surface area contributed by atoms with Crippen LogP contribution in [0.1, 0.15) is 12.5 Å². The Balaban J connectivity index is 2.52. The van der Waals surface area contributed by atoms with Crippen molar-refractivity contribution in [1.82, 2.24) is 15.4 Å². The van der Waals surface area contributed by atoms with E-state index in [0.29, 0.717) is 25.6 Å². The lowest BCUT2D eigenvalue weighted by Gasteiger charge is -2.12. The molecule has 1 aromatic carbocycles. The lowest BCUT2D eigenvalue weighted by molar-refractivity contribution is -0.153. The van der Waals surface area contributed by atoms with E-state index in [-0.39, 0.29) is 12.3 Å². The van der Waals surface area contributed by atoms with Crippen LogP contribution in [-0.4, -0.2) is 53.1 Å². The molecule has 1 aromatic rings. The van der Waals surface area contributed by atoms with Gasteiger partial charge in [0.25, 0.3) is 0 Å². The van der Waals surface area contributed by atoms with Crippen LogP contribution in [0.2, 0.25) is 0 Å². The highest BCUT2D eigenvalue weighted by Crippen LogP contribution is 2.19. The molecule has 0 radical (unpaired) electrons. The summed E-state index contributed by atoms with van der Waals surface area (Å²) in [5.41, 5.74) is 0.788. The molecular weight excluding hydrogens is 373 g/mol. The summed E-state index contributed by atoms with van der Waals surface area (Å²) in [5.74, 6) is 0.632. The van der Waals surface area contributed by atoms with Gasteiger partial charge in [-0.25, -0.2) is 18.1 Å². The Hall–Kier alpha value is -2.01. The van der Waals surface area contributed by atoms with Crippen LogP contribution in [0.25, 0.3) is 0 Å². The molecule has 0 spiro atoms. The Morgan fingerprint density at radius 2 is 1.81 bits per heavy atom. The lowest BCUT2D eigenvalue weighted by Crippen LogP contribution is -2.41. The summed E-state index contributed by atoms with van der Waals surface area (Å²) >= 11 is 0. The minimum atomic E-state index is -4.37. The fourth-order valence-electron chi connectivity index (χ4n) is 1.79. The summed E-state index contributed by atoms with van der Waals surface area (Å²) in [6, 6.07) is 6.16. The zero-order chi connectivity index (χ0) is 19.6. The molecule has 0 saturated heterocycles. The maximum atomic E-state index is 12.1. The van der Waals surface area contributed by atoms with Crippen LogP contribution in [0.15, 0.2) is 29.3 Å². The third-order valence-corrected chi connectivity index (χ3v) is 3.60. The predicted molar refractivity (Wildman–Crippen MR) is 93.7 cm³/mol. The van der Waals surface area contributed by atoms with E-state index in [2.05, 4.69) is 25.1 Å². The SMILES string of the molecule is CCNC(=NCc1ccc(OCC(F)(F)F)cc1)NCCNS(C)(=O)=O. The standard InChI is InChI=1S/C15H23F3N4O3S/c1-3-19-14(20-8-9-22-26(2,23)24)21-10-12-4-6-13(7-5-12)25-11-15(16,17)18/h4-7,22H,3,8-11H2,1-2H3,(H2,19,20,21). The van der Waals surface area contributed by atoms with Gasteiger partial charge < -0.3 is 15.4 Å². The topological polar surface area (TPSA) is 91.8 Å². The average Bonchev–Trinajstić information content (AvgIpc) is 2.54. The Morgan fingerprint density at radius 3 is 2.35 bits per heavy atom. The van der Waals surface area contributed by atoms with Crippen LogP contribution in [0.4, 0.5) is 13.2 Å². The third kappa shape index (κ3) is 10.8. The number of alkyl halides is 3. The second kappa shape index (κ2) is 10.2. The highest BCUT2D eigenvalue weighted by molar-refractivity contribution is 7.88. The van der Waals surface area contributed by atoms with Gasteiger partial charge in [0.15, 0.2) is 12.6 Å². The molecule has 148 valence electrons. The fraction of sp³-hybridized carbons (Fsp3) is 0.533. The van der Waals surface area contributed by atoms with Crippen molar-refractivity contribution in [3.8, 4) is 5.75 Å². The second-order valence-corrected chi connectivity index (χ2v) is 7.17. The molecule has 3 N–H and O–H groups in total.